The summed E-state index contributed by atoms with van der Waals surface area (Å²) in [7, 11) is 1.24. The topological polar surface area (TPSA) is 123 Å². The first kappa shape index (κ1) is 25.1. The third-order valence-electron chi connectivity index (χ3n) is 6.83. The normalized spacial score (nSPS) is 18.5. The third-order valence-corrected chi connectivity index (χ3v) is 6.83. The number of aromatic nitrogens is 2. The van der Waals surface area contributed by atoms with Gasteiger partial charge in [0.1, 0.15) is 17.1 Å². The molecule has 0 radical (unpaired) electrons. The van der Waals surface area contributed by atoms with E-state index in [0.29, 0.717) is 0 Å². The number of fused-ring (bicyclic) bond motifs is 1. The van der Waals surface area contributed by atoms with Crippen molar-refractivity contribution in [3.63, 3.8) is 0 Å². The third kappa shape index (κ3) is 4.51. The summed E-state index contributed by atoms with van der Waals surface area (Å²) in [5, 5.41) is 5.52. The predicted molar refractivity (Wildman–Crippen MR) is 134 cm³/mol. The highest BCUT2D eigenvalue weighted by Gasteiger charge is 2.53. The number of amides is 3. The molecule has 1 fully saturated rings. The molecule has 2 aromatic carbocycles. The lowest BCUT2D eigenvalue weighted by atomic mass is 9.93. The number of methoxy groups -OCH3 is 1. The smallest absolute Gasteiger partial charge is 0.339 e. The summed E-state index contributed by atoms with van der Waals surface area (Å²) < 4.78 is 19.5. The number of nitrogens with zero attached hydrogens (tertiary/aromatic N) is 3. The van der Waals surface area contributed by atoms with Crippen LogP contribution in [0.2, 0.25) is 0 Å². The highest BCUT2D eigenvalue weighted by atomic mass is 19.1. The van der Waals surface area contributed by atoms with Gasteiger partial charge in [0, 0.05) is 12.6 Å². The Morgan fingerprint density at radius 2 is 1.84 bits per heavy atom. The number of benzene rings is 2. The minimum atomic E-state index is -1.22. The quantitative estimate of drug-likeness (QED) is 0.463. The molecule has 1 atom stereocenters. The highest BCUT2D eigenvalue weighted by molar-refractivity contribution is 6.13. The zero-order chi connectivity index (χ0) is 27.0. The van der Waals surface area contributed by atoms with Crippen LogP contribution in [-0.4, -0.2) is 56.8 Å². The number of rotatable bonds is 7. The fraction of sp³-hybridized carbons (Fsp3) is 0.296. The van der Waals surface area contributed by atoms with E-state index < -0.39 is 23.3 Å². The van der Waals surface area contributed by atoms with Crippen molar-refractivity contribution in [2.45, 2.75) is 44.4 Å². The number of carbonyl (C=O) groups is 4. The van der Waals surface area contributed by atoms with Crippen molar-refractivity contribution in [2.75, 3.05) is 12.4 Å². The van der Waals surface area contributed by atoms with E-state index >= 15 is 0 Å². The molecule has 38 heavy (non-hydrogen) atoms. The monoisotopic (exact) mass is 519 g/mol. The SMILES string of the molecule is COC(=O)c1ccccc1NC(=O)c1ncn2c1C(=O)N(C1CC1)C(C)(C(=O)NCc1ccc(F)cc1)C2. The van der Waals surface area contributed by atoms with Crippen molar-refractivity contribution in [1.82, 2.24) is 19.8 Å². The minimum Gasteiger partial charge on any atom is -0.465 e. The molecule has 1 aromatic heterocycles. The van der Waals surface area contributed by atoms with Gasteiger partial charge in [-0.1, -0.05) is 24.3 Å². The summed E-state index contributed by atoms with van der Waals surface area (Å²) in [5.41, 5.74) is -0.149. The number of imidazole rings is 1. The molecule has 1 saturated carbocycles. The van der Waals surface area contributed by atoms with Crippen LogP contribution in [0.15, 0.2) is 54.9 Å². The summed E-state index contributed by atoms with van der Waals surface area (Å²) >= 11 is 0. The van der Waals surface area contributed by atoms with Gasteiger partial charge in [-0.3, -0.25) is 14.4 Å². The van der Waals surface area contributed by atoms with Gasteiger partial charge < -0.3 is 24.8 Å². The Balaban J connectivity index is 1.41. The van der Waals surface area contributed by atoms with E-state index in [-0.39, 0.29) is 53.5 Å². The molecule has 11 heteroatoms. The van der Waals surface area contributed by atoms with E-state index in [9.17, 15) is 23.6 Å². The van der Waals surface area contributed by atoms with E-state index in [1.807, 2.05) is 0 Å². The van der Waals surface area contributed by atoms with Gasteiger partial charge in [-0.15, -0.1) is 0 Å². The first-order valence-corrected chi connectivity index (χ1v) is 12.1. The van der Waals surface area contributed by atoms with Gasteiger partial charge in [0.05, 0.1) is 31.2 Å². The summed E-state index contributed by atoms with van der Waals surface area (Å²) in [5.74, 6) is -2.48. The first-order chi connectivity index (χ1) is 18.2. The van der Waals surface area contributed by atoms with Crippen molar-refractivity contribution in [2.24, 2.45) is 0 Å². The number of para-hydroxylation sites is 1. The van der Waals surface area contributed by atoms with Crippen LogP contribution >= 0.6 is 0 Å². The lowest BCUT2D eigenvalue weighted by molar-refractivity contribution is -0.133. The number of carbonyl (C=O) groups excluding carboxylic acids is 4. The van der Waals surface area contributed by atoms with Crippen molar-refractivity contribution in [3.8, 4) is 0 Å². The average Bonchev–Trinajstić information content (AvgIpc) is 3.65. The Labute approximate surface area is 217 Å². The van der Waals surface area contributed by atoms with Gasteiger partial charge in [-0.25, -0.2) is 14.2 Å². The summed E-state index contributed by atoms with van der Waals surface area (Å²) in [6.45, 7) is 1.96. The van der Waals surface area contributed by atoms with Crippen LogP contribution in [0.5, 0.6) is 0 Å². The van der Waals surface area contributed by atoms with Crippen molar-refractivity contribution in [3.05, 3.63) is 83.2 Å². The lowest BCUT2D eigenvalue weighted by Crippen LogP contribution is -2.64. The van der Waals surface area contributed by atoms with Crippen molar-refractivity contribution < 1.29 is 28.3 Å². The number of hydrogen-bond acceptors (Lipinski definition) is 6. The lowest BCUT2D eigenvalue weighted by Gasteiger charge is -2.44. The van der Waals surface area contributed by atoms with E-state index in [0.717, 1.165) is 18.4 Å². The molecule has 1 aliphatic carbocycles. The Hall–Kier alpha value is -4.54. The maximum atomic E-state index is 13.8. The van der Waals surface area contributed by atoms with Gasteiger partial charge in [-0.2, -0.15) is 0 Å². The van der Waals surface area contributed by atoms with Gasteiger partial charge in [0.2, 0.25) is 5.91 Å². The molecule has 5 rings (SSSR count). The highest BCUT2D eigenvalue weighted by Crippen LogP contribution is 2.39. The maximum absolute atomic E-state index is 13.8. The summed E-state index contributed by atoms with van der Waals surface area (Å²) in [4.78, 5) is 58.3. The number of esters is 1. The predicted octanol–water partition coefficient (Wildman–Crippen LogP) is 2.75. The molecule has 1 unspecified atom stereocenters. The first-order valence-electron chi connectivity index (χ1n) is 12.1. The number of nitrogens with one attached hydrogen (secondary N) is 2. The summed E-state index contributed by atoms with van der Waals surface area (Å²) in [6.07, 6.45) is 2.85. The van der Waals surface area contributed by atoms with Gasteiger partial charge in [-0.05, 0) is 49.6 Å². The Morgan fingerprint density at radius 3 is 2.53 bits per heavy atom. The molecule has 1 aliphatic heterocycles. The molecule has 0 spiro atoms. The Morgan fingerprint density at radius 1 is 1.13 bits per heavy atom. The largest absolute Gasteiger partial charge is 0.465 e. The number of anilines is 1. The minimum absolute atomic E-state index is 0.0776. The van der Waals surface area contributed by atoms with Crippen molar-refractivity contribution >= 4 is 29.4 Å². The van der Waals surface area contributed by atoms with Crippen LogP contribution in [-0.2, 0) is 22.6 Å². The number of hydrogen-bond donors (Lipinski definition) is 2. The standard InChI is InChI=1S/C27H26FN5O5/c1-27(26(37)29-13-16-7-9-17(28)10-8-16)14-32-15-30-21(22(32)24(35)33(27)18-11-12-18)23(34)31-20-6-4-3-5-19(20)25(36)38-2/h3-10,15,18H,11-14H2,1-2H3,(H,29,37)(H,31,34). The second-order valence-corrected chi connectivity index (χ2v) is 9.55. The van der Waals surface area contributed by atoms with Crippen LogP contribution in [0.4, 0.5) is 10.1 Å². The van der Waals surface area contributed by atoms with Crippen LogP contribution in [0.25, 0.3) is 0 Å². The average molecular weight is 520 g/mol. The zero-order valence-corrected chi connectivity index (χ0v) is 20.9. The van der Waals surface area contributed by atoms with Crippen molar-refractivity contribution in [1.29, 1.82) is 0 Å². The molecule has 2 heterocycles. The molecule has 0 saturated heterocycles. The number of halogens is 1. The molecular formula is C27H26FN5O5. The van der Waals surface area contributed by atoms with E-state index in [4.69, 9.17) is 4.74 Å². The van der Waals surface area contributed by atoms with E-state index in [2.05, 4.69) is 15.6 Å². The molecule has 2 aliphatic rings. The Bertz CT molecular complexity index is 1430. The fourth-order valence-electron chi connectivity index (χ4n) is 4.76. The van der Waals surface area contributed by atoms with Crippen LogP contribution < -0.4 is 10.6 Å². The maximum Gasteiger partial charge on any atom is 0.339 e. The van der Waals surface area contributed by atoms with E-state index in [1.54, 1.807) is 42.2 Å². The fourth-order valence-corrected chi connectivity index (χ4v) is 4.76. The second kappa shape index (κ2) is 9.73. The summed E-state index contributed by atoms with van der Waals surface area (Å²) in [6, 6.07) is 12.0. The van der Waals surface area contributed by atoms with Gasteiger partial charge in [0.15, 0.2) is 5.69 Å². The van der Waals surface area contributed by atoms with Gasteiger partial charge in [0.25, 0.3) is 11.8 Å². The molecule has 3 amide bonds. The zero-order valence-electron chi connectivity index (χ0n) is 20.9. The molecular weight excluding hydrogens is 493 g/mol. The molecule has 10 nitrogen and oxygen atoms in total. The van der Waals surface area contributed by atoms with Gasteiger partial charge >= 0.3 is 5.97 Å². The van der Waals surface area contributed by atoms with E-state index in [1.165, 1.54) is 36.2 Å². The molecule has 0 bridgehead atoms. The molecule has 2 N–H and O–H groups in total. The molecule has 196 valence electrons. The van der Waals surface area contributed by atoms with Crippen LogP contribution in [0.1, 0.15) is 56.7 Å². The Kier molecular flexibility index (Phi) is 6.43. The van der Waals surface area contributed by atoms with Crippen LogP contribution in [0, 0.1) is 5.82 Å². The second-order valence-electron chi connectivity index (χ2n) is 9.55. The number of ether oxygens (including phenoxy) is 1. The molecule has 3 aromatic rings. The van der Waals surface area contributed by atoms with Crippen LogP contribution in [0.3, 0.4) is 0 Å².